The van der Waals surface area contributed by atoms with Crippen molar-refractivity contribution < 1.29 is 27.4 Å². The predicted octanol–water partition coefficient (Wildman–Crippen LogP) is 2.54. The first-order valence-corrected chi connectivity index (χ1v) is 6.60. The fourth-order valence-corrected chi connectivity index (χ4v) is 1.68. The molecule has 21 heavy (non-hydrogen) atoms. The van der Waals surface area contributed by atoms with Gasteiger partial charge in [0, 0.05) is 6.42 Å². The fraction of sp³-hybridized carbons (Fsp3) is 0.571. The Labute approximate surface area is 122 Å². The van der Waals surface area contributed by atoms with E-state index in [1.165, 1.54) is 7.11 Å². The molecule has 0 amide bonds. The van der Waals surface area contributed by atoms with Crippen molar-refractivity contribution in [1.29, 1.82) is 0 Å². The molecule has 0 aromatic heterocycles. The van der Waals surface area contributed by atoms with Crippen LogP contribution < -0.4 is 15.2 Å². The number of hydrogen-bond donors (Lipinski definition) is 1. The third-order valence-electron chi connectivity index (χ3n) is 2.62. The number of ether oxygens (including phenoxy) is 3. The third kappa shape index (κ3) is 7.19. The summed E-state index contributed by atoms with van der Waals surface area (Å²) in [5.74, 6) is 1.13. The molecule has 0 saturated heterocycles. The summed E-state index contributed by atoms with van der Waals surface area (Å²) in [5.41, 5.74) is 6.52. The van der Waals surface area contributed by atoms with Crippen LogP contribution in [0.4, 0.5) is 13.2 Å². The summed E-state index contributed by atoms with van der Waals surface area (Å²) in [4.78, 5) is 0. The van der Waals surface area contributed by atoms with Gasteiger partial charge < -0.3 is 19.9 Å². The van der Waals surface area contributed by atoms with Crippen molar-refractivity contribution in [3.8, 4) is 11.5 Å². The van der Waals surface area contributed by atoms with Crippen LogP contribution in [0.15, 0.2) is 18.2 Å². The molecule has 0 atom stereocenters. The molecular formula is C14H20F3NO3. The van der Waals surface area contributed by atoms with Gasteiger partial charge in [-0.25, -0.2) is 0 Å². The summed E-state index contributed by atoms with van der Waals surface area (Å²) in [6, 6.07) is 5.48. The Hall–Kier alpha value is -1.47. The molecule has 1 rings (SSSR count). The molecule has 2 N–H and O–H groups in total. The van der Waals surface area contributed by atoms with Crippen LogP contribution in [0.5, 0.6) is 11.5 Å². The van der Waals surface area contributed by atoms with Crippen LogP contribution in [-0.4, -0.2) is 39.7 Å². The van der Waals surface area contributed by atoms with E-state index in [0.29, 0.717) is 24.5 Å². The summed E-state index contributed by atoms with van der Waals surface area (Å²) >= 11 is 0. The third-order valence-corrected chi connectivity index (χ3v) is 2.62. The van der Waals surface area contributed by atoms with Crippen LogP contribution in [0, 0.1) is 0 Å². The van der Waals surface area contributed by atoms with Crippen LogP contribution in [0.3, 0.4) is 0 Å². The van der Waals surface area contributed by atoms with Crippen molar-refractivity contribution in [1.82, 2.24) is 0 Å². The Balaban J connectivity index is 2.34. The van der Waals surface area contributed by atoms with Gasteiger partial charge in [-0.2, -0.15) is 13.2 Å². The molecule has 120 valence electrons. The summed E-state index contributed by atoms with van der Waals surface area (Å²) in [6.45, 7) is -0.443. The SMILES string of the molecule is COc1cc(CCN)ccc1OCCCOCC(F)(F)F. The summed E-state index contributed by atoms with van der Waals surface area (Å²) in [5, 5.41) is 0. The summed E-state index contributed by atoms with van der Waals surface area (Å²) < 4.78 is 50.7. The highest BCUT2D eigenvalue weighted by Crippen LogP contribution is 2.28. The molecule has 0 heterocycles. The highest BCUT2D eigenvalue weighted by molar-refractivity contribution is 5.43. The minimum absolute atomic E-state index is 0.00686. The van der Waals surface area contributed by atoms with Crippen LogP contribution in [0.2, 0.25) is 0 Å². The molecule has 0 aliphatic rings. The highest BCUT2D eigenvalue weighted by atomic mass is 19.4. The van der Waals surface area contributed by atoms with Crippen LogP contribution in [0.25, 0.3) is 0 Å². The van der Waals surface area contributed by atoms with Gasteiger partial charge in [0.05, 0.1) is 20.3 Å². The van der Waals surface area contributed by atoms with Crippen LogP contribution in [0.1, 0.15) is 12.0 Å². The van der Waals surface area contributed by atoms with Gasteiger partial charge in [0.2, 0.25) is 0 Å². The summed E-state index contributed by atoms with van der Waals surface area (Å²) in [6.07, 6.45) is -3.19. The fourth-order valence-electron chi connectivity index (χ4n) is 1.68. The smallest absolute Gasteiger partial charge is 0.411 e. The van der Waals surface area contributed by atoms with E-state index in [1.54, 1.807) is 6.07 Å². The number of alkyl halides is 3. The molecule has 0 aliphatic carbocycles. The molecule has 0 fully saturated rings. The molecule has 0 spiro atoms. The van der Waals surface area contributed by atoms with E-state index in [2.05, 4.69) is 4.74 Å². The Morgan fingerprint density at radius 3 is 2.52 bits per heavy atom. The molecule has 0 unspecified atom stereocenters. The van der Waals surface area contributed by atoms with E-state index >= 15 is 0 Å². The minimum atomic E-state index is -4.29. The maximum Gasteiger partial charge on any atom is 0.411 e. The summed E-state index contributed by atoms with van der Waals surface area (Å²) in [7, 11) is 1.53. The van der Waals surface area contributed by atoms with E-state index in [1.807, 2.05) is 12.1 Å². The lowest BCUT2D eigenvalue weighted by atomic mass is 10.1. The molecular weight excluding hydrogens is 287 g/mol. The first kappa shape index (κ1) is 17.6. The maximum atomic E-state index is 11.8. The standard InChI is InChI=1S/C14H20F3NO3/c1-19-13-9-11(5-6-18)3-4-12(13)21-8-2-7-20-10-14(15,16)17/h3-4,9H,2,5-8,10,18H2,1H3. The Morgan fingerprint density at radius 1 is 1.14 bits per heavy atom. The molecule has 1 aromatic rings. The lowest BCUT2D eigenvalue weighted by Gasteiger charge is -2.12. The number of methoxy groups -OCH3 is 1. The molecule has 7 heteroatoms. The van der Waals surface area contributed by atoms with Gasteiger partial charge in [-0.1, -0.05) is 6.07 Å². The Kier molecular flexibility index (Phi) is 7.31. The zero-order chi connectivity index (χ0) is 15.7. The second-order valence-corrected chi connectivity index (χ2v) is 4.39. The molecule has 0 radical (unpaired) electrons. The largest absolute Gasteiger partial charge is 0.493 e. The van der Waals surface area contributed by atoms with E-state index in [4.69, 9.17) is 15.2 Å². The van der Waals surface area contributed by atoms with Crippen LogP contribution in [-0.2, 0) is 11.2 Å². The van der Waals surface area contributed by atoms with Crippen molar-refractivity contribution in [2.75, 3.05) is 33.5 Å². The topological polar surface area (TPSA) is 53.7 Å². The predicted molar refractivity (Wildman–Crippen MR) is 72.7 cm³/mol. The molecule has 0 aliphatic heterocycles. The monoisotopic (exact) mass is 307 g/mol. The quantitative estimate of drug-likeness (QED) is 0.712. The normalized spacial score (nSPS) is 11.5. The van der Waals surface area contributed by atoms with Gasteiger partial charge in [-0.3, -0.25) is 0 Å². The van der Waals surface area contributed by atoms with Crippen molar-refractivity contribution in [3.05, 3.63) is 23.8 Å². The molecule has 1 aromatic carbocycles. The van der Waals surface area contributed by atoms with Gasteiger partial charge in [-0.05, 0) is 30.7 Å². The zero-order valence-electron chi connectivity index (χ0n) is 11.9. The van der Waals surface area contributed by atoms with Crippen molar-refractivity contribution in [2.45, 2.75) is 19.0 Å². The van der Waals surface area contributed by atoms with E-state index in [9.17, 15) is 13.2 Å². The minimum Gasteiger partial charge on any atom is -0.493 e. The average Bonchev–Trinajstić information content (AvgIpc) is 2.42. The van der Waals surface area contributed by atoms with Gasteiger partial charge in [-0.15, -0.1) is 0 Å². The van der Waals surface area contributed by atoms with Crippen molar-refractivity contribution >= 4 is 0 Å². The number of halogens is 3. The first-order chi connectivity index (χ1) is 9.96. The van der Waals surface area contributed by atoms with Crippen molar-refractivity contribution in [3.63, 3.8) is 0 Å². The van der Waals surface area contributed by atoms with E-state index < -0.39 is 12.8 Å². The zero-order valence-corrected chi connectivity index (χ0v) is 11.9. The number of nitrogens with two attached hydrogens (primary N) is 1. The van der Waals surface area contributed by atoms with E-state index in [0.717, 1.165) is 12.0 Å². The van der Waals surface area contributed by atoms with Gasteiger partial charge >= 0.3 is 6.18 Å². The van der Waals surface area contributed by atoms with E-state index in [-0.39, 0.29) is 13.2 Å². The molecule has 4 nitrogen and oxygen atoms in total. The second-order valence-electron chi connectivity index (χ2n) is 4.39. The molecule has 0 saturated carbocycles. The van der Waals surface area contributed by atoms with Gasteiger partial charge in [0.1, 0.15) is 6.61 Å². The van der Waals surface area contributed by atoms with Gasteiger partial charge in [0.25, 0.3) is 0 Å². The lowest BCUT2D eigenvalue weighted by molar-refractivity contribution is -0.174. The van der Waals surface area contributed by atoms with Crippen molar-refractivity contribution in [2.24, 2.45) is 5.73 Å². The Bertz CT molecular complexity index is 424. The maximum absolute atomic E-state index is 11.8. The second kappa shape index (κ2) is 8.74. The number of hydrogen-bond acceptors (Lipinski definition) is 4. The Morgan fingerprint density at radius 2 is 1.90 bits per heavy atom. The van der Waals surface area contributed by atoms with Crippen LogP contribution >= 0.6 is 0 Å². The number of rotatable bonds is 9. The molecule has 0 bridgehead atoms. The number of benzene rings is 1. The lowest BCUT2D eigenvalue weighted by Crippen LogP contribution is -2.18. The van der Waals surface area contributed by atoms with Gasteiger partial charge in [0.15, 0.2) is 11.5 Å². The average molecular weight is 307 g/mol. The highest BCUT2D eigenvalue weighted by Gasteiger charge is 2.27. The first-order valence-electron chi connectivity index (χ1n) is 6.60.